The fraction of sp³-hybridized carbons (Fsp3) is 0.300. The molecule has 2 heterocycles. The van der Waals surface area contributed by atoms with Crippen molar-refractivity contribution >= 4 is 11.3 Å². The molecule has 74 valence electrons. The van der Waals surface area contributed by atoms with Crippen LogP contribution in [0.2, 0.25) is 0 Å². The van der Waals surface area contributed by atoms with Crippen molar-refractivity contribution in [3.05, 3.63) is 40.6 Å². The van der Waals surface area contributed by atoms with Crippen LogP contribution in [0.4, 0.5) is 0 Å². The van der Waals surface area contributed by atoms with E-state index in [-0.39, 0.29) is 0 Å². The molecule has 0 radical (unpaired) electrons. The summed E-state index contributed by atoms with van der Waals surface area (Å²) in [5.74, 6) is 0. The SMILES string of the molecule is C[C@@H](NCc1cnc[nH]1)c1cccs1. The molecule has 4 heteroatoms. The maximum absolute atomic E-state index is 3.97. The Balaban J connectivity index is 1.87. The van der Waals surface area contributed by atoms with Gasteiger partial charge in [-0.15, -0.1) is 11.3 Å². The van der Waals surface area contributed by atoms with E-state index in [1.165, 1.54) is 4.88 Å². The Morgan fingerprint density at radius 3 is 3.21 bits per heavy atom. The fourth-order valence-electron chi connectivity index (χ4n) is 1.28. The monoisotopic (exact) mass is 207 g/mol. The number of H-pyrrole nitrogens is 1. The number of hydrogen-bond acceptors (Lipinski definition) is 3. The Hall–Kier alpha value is -1.13. The standard InChI is InChI=1S/C10H13N3S/c1-8(10-3-2-4-14-10)12-6-9-5-11-7-13-9/h2-5,7-8,12H,6H2,1H3,(H,11,13)/t8-/m1/s1. The zero-order valence-corrected chi connectivity index (χ0v) is 8.84. The van der Waals surface area contributed by atoms with Crippen LogP contribution in [-0.4, -0.2) is 9.97 Å². The molecule has 0 saturated carbocycles. The van der Waals surface area contributed by atoms with Crippen molar-refractivity contribution < 1.29 is 0 Å². The van der Waals surface area contributed by atoms with Crippen molar-refractivity contribution in [3.8, 4) is 0 Å². The molecule has 0 spiro atoms. The summed E-state index contributed by atoms with van der Waals surface area (Å²) in [7, 11) is 0. The fourth-order valence-corrected chi connectivity index (χ4v) is 2.04. The summed E-state index contributed by atoms with van der Waals surface area (Å²) in [4.78, 5) is 8.40. The van der Waals surface area contributed by atoms with Gasteiger partial charge in [-0.3, -0.25) is 0 Å². The Bertz CT molecular complexity index is 353. The van der Waals surface area contributed by atoms with Crippen LogP contribution < -0.4 is 5.32 Å². The number of aromatic amines is 1. The molecule has 14 heavy (non-hydrogen) atoms. The van der Waals surface area contributed by atoms with Crippen LogP contribution in [-0.2, 0) is 6.54 Å². The van der Waals surface area contributed by atoms with Crippen LogP contribution in [0.5, 0.6) is 0 Å². The summed E-state index contributed by atoms with van der Waals surface area (Å²) < 4.78 is 0. The lowest BCUT2D eigenvalue weighted by Crippen LogP contribution is -2.17. The van der Waals surface area contributed by atoms with Gasteiger partial charge < -0.3 is 10.3 Å². The van der Waals surface area contributed by atoms with Gasteiger partial charge in [0.25, 0.3) is 0 Å². The van der Waals surface area contributed by atoms with Gasteiger partial charge in [0.15, 0.2) is 0 Å². The van der Waals surface area contributed by atoms with Crippen LogP contribution in [0.25, 0.3) is 0 Å². The molecule has 0 amide bonds. The first kappa shape index (κ1) is 9.43. The molecular weight excluding hydrogens is 194 g/mol. The van der Waals surface area contributed by atoms with Gasteiger partial charge in [-0.25, -0.2) is 4.98 Å². The number of nitrogens with one attached hydrogen (secondary N) is 2. The van der Waals surface area contributed by atoms with Crippen molar-refractivity contribution in [2.75, 3.05) is 0 Å². The molecule has 0 aliphatic heterocycles. The minimum atomic E-state index is 0.401. The first-order chi connectivity index (χ1) is 6.86. The van der Waals surface area contributed by atoms with Crippen molar-refractivity contribution in [1.29, 1.82) is 0 Å². The summed E-state index contributed by atoms with van der Waals surface area (Å²) in [5.41, 5.74) is 1.12. The molecule has 0 fully saturated rings. The summed E-state index contributed by atoms with van der Waals surface area (Å²) in [5, 5.41) is 5.53. The van der Waals surface area contributed by atoms with Gasteiger partial charge in [-0.2, -0.15) is 0 Å². The van der Waals surface area contributed by atoms with Gasteiger partial charge in [0, 0.05) is 29.4 Å². The predicted octanol–water partition coefficient (Wildman–Crippen LogP) is 2.32. The van der Waals surface area contributed by atoms with E-state index in [0.717, 1.165) is 12.2 Å². The highest BCUT2D eigenvalue weighted by Crippen LogP contribution is 2.18. The minimum absolute atomic E-state index is 0.401. The number of nitrogens with zero attached hydrogens (tertiary/aromatic N) is 1. The molecule has 0 unspecified atom stereocenters. The molecule has 2 rings (SSSR count). The molecule has 3 nitrogen and oxygen atoms in total. The summed E-state index contributed by atoms with van der Waals surface area (Å²) in [6.45, 7) is 3.00. The van der Waals surface area contributed by atoms with Gasteiger partial charge >= 0.3 is 0 Å². The van der Waals surface area contributed by atoms with Crippen molar-refractivity contribution in [2.45, 2.75) is 19.5 Å². The van der Waals surface area contributed by atoms with E-state index < -0.39 is 0 Å². The molecule has 0 bridgehead atoms. The third-order valence-electron chi connectivity index (χ3n) is 2.12. The van der Waals surface area contributed by atoms with E-state index in [1.807, 2.05) is 6.20 Å². The second-order valence-electron chi connectivity index (χ2n) is 3.19. The smallest absolute Gasteiger partial charge is 0.0922 e. The average molecular weight is 207 g/mol. The van der Waals surface area contributed by atoms with E-state index in [0.29, 0.717) is 6.04 Å². The van der Waals surface area contributed by atoms with Gasteiger partial charge in [-0.1, -0.05) is 6.07 Å². The normalized spacial score (nSPS) is 12.9. The number of hydrogen-bond donors (Lipinski definition) is 2. The maximum atomic E-state index is 3.97. The van der Waals surface area contributed by atoms with Crippen molar-refractivity contribution in [2.24, 2.45) is 0 Å². The van der Waals surface area contributed by atoms with E-state index >= 15 is 0 Å². The first-order valence-electron chi connectivity index (χ1n) is 4.60. The third-order valence-corrected chi connectivity index (χ3v) is 3.18. The Morgan fingerprint density at radius 2 is 2.57 bits per heavy atom. The lowest BCUT2D eigenvalue weighted by Gasteiger charge is -2.10. The molecule has 2 aromatic heterocycles. The quantitative estimate of drug-likeness (QED) is 0.807. The molecule has 0 aromatic carbocycles. The molecule has 2 N–H and O–H groups in total. The topological polar surface area (TPSA) is 40.7 Å². The molecule has 0 aliphatic rings. The zero-order chi connectivity index (χ0) is 9.80. The minimum Gasteiger partial charge on any atom is -0.347 e. The summed E-state index contributed by atoms with van der Waals surface area (Å²) in [6.07, 6.45) is 3.54. The highest BCUT2D eigenvalue weighted by molar-refractivity contribution is 7.10. The van der Waals surface area contributed by atoms with Crippen LogP contribution in [0.15, 0.2) is 30.0 Å². The maximum Gasteiger partial charge on any atom is 0.0922 e. The number of aromatic nitrogens is 2. The van der Waals surface area contributed by atoms with Gasteiger partial charge in [0.1, 0.15) is 0 Å². The summed E-state index contributed by atoms with van der Waals surface area (Å²) in [6, 6.07) is 4.63. The second kappa shape index (κ2) is 4.39. The van der Waals surface area contributed by atoms with E-state index in [9.17, 15) is 0 Å². The molecule has 2 aromatic rings. The number of thiophene rings is 1. The Morgan fingerprint density at radius 1 is 1.64 bits per heavy atom. The van der Waals surface area contributed by atoms with Gasteiger partial charge in [0.05, 0.1) is 6.33 Å². The van der Waals surface area contributed by atoms with Crippen molar-refractivity contribution in [3.63, 3.8) is 0 Å². The Kier molecular flexibility index (Phi) is 2.96. The van der Waals surface area contributed by atoms with E-state index in [1.54, 1.807) is 17.7 Å². The molecular formula is C10H13N3S. The zero-order valence-electron chi connectivity index (χ0n) is 8.03. The largest absolute Gasteiger partial charge is 0.347 e. The summed E-state index contributed by atoms with van der Waals surface area (Å²) >= 11 is 1.78. The predicted molar refractivity (Wildman–Crippen MR) is 58.2 cm³/mol. The van der Waals surface area contributed by atoms with Crippen LogP contribution in [0, 0.1) is 0 Å². The van der Waals surface area contributed by atoms with Crippen molar-refractivity contribution in [1.82, 2.24) is 15.3 Å². The number of rotatable bonds is 4. The van der Waals surface area contributed by atoms with Crippen LogP contribution in [0.3, 0.4) is 0 Å². The van der Waals surface area contributed by atoms with Gasteiger partial charge in [0.2, 0.25) is 0 Å². The number of imidazole rings is 1. The lowest BCUT2D eigenvalue weighted by molar-refractivity contribution is 0.577. The van der Waals surface area contributed by atoms with Crippen LogP contribution >= 0.6 is 11.3 Å². The first-order valence-corrected chi connectivity index (χ1v) is 5.48. The lowest BCUT2D eigenvalue weighted by atomic mass is 10.2. The highest BCUT2D eigenvalue weighted by atomic mass is 32.1. The molecule has 1 atom stereocenters. The molecule has 0 aliphatic carbocycles. The second-order valence-corrected chi connectivity index (χ2v) is 4.17. The van der Waals surface area contributed by atoms with Crippen LogP contribution in [0.1, 0.15) is 23.5 Å². The highest BCUT2D eigenvalue weighted by Gasteiger charge is 2.05. The molecule has 0 saturated heterocycles. The average Bonchev–Trinajstić information content (AvgIpc) is 2.87. The third kappa shape index (κ3) is 2.21. The van der Waals surface area contributed by atoms with E-state index in [2.05, 4.69) is 39.7 Å². The van der Waals surface area contributed by atoms with Gasteiger partial charge in [-0.05, 0) is 18.4 Å². The Labute approximate surface area is 87.2 Å². The van der Waals surface area contributed by atoms with E-state index in [4.69, 9.17) is 0 Å².